The molecule has 0 bridgehead atoms. The number of amides is 1. The van der Waals surface area contributed by atoms with Gasteiger partial charge in [-0.1, -0.05) is 24.3 Å². The number of thiophene rings is 1. The van der Waals surface area contributed by atoms with Crippen molar-refractivity contribution in [3.8, 4) is 0 Å². The minimum atomic E-state index is -4.52. The van der Waals surface area contributed by atoms with Gasteiger partial charge in [-0.05, 0) is 60.2 Å². The second-order valence-electron chi connectivity index (χ2n) is 7.34. The van der Waals surface area contributed by atoms with Crippen LogP contribution in [0, 0.1) is 12.7 Å². The van der Waals surface area contributed by atoms with Gasteiger partial charge in [-0.2, -0.15) is 13.2 Å². The summed E-state index contributed by atoms with van der Waals surface area (Å²) in [5.74, 6) is -0.864. The molecule has 170 valence electrons. The fourth-order valence-electron chi connectivity index (χ4n) is 3.48. The van der Waals surface area contributed by atoms with Gasteiger partial charge in [0.2, 0.25) is 5.91 Å². The molecule has 0 saturated carbocycles. The molecule has 0 aliphatic heterocycles. The largest absolute Gasteiger partial charge is 0.433 e. The Bertz CT molecular complexity index is 1040. The number of hydrogen-bond donors (Lipinski definition) is 2. The van der Waals surface area contributed by atoms with E-state index in [0.29, 0.717) is 24.1 Å². The van der Waals surface area contributed by atoms with Gasteiger partial charge in [-0.25, -0.2) is 4.39 Å². The van der Waals surface area contributed by atoms with Crippen molar-refractivity contribution in [1.29, 1.82) is 0 Å². The van der Waals surface area contributed by atoms with E-state index in [1.54, 1.807) is 26.1 Å². The maximum Gasteiger partial charge on any atom is 0.433 e. The Labute approximate surface area is 187 Å². The molecule has 1 amide bonds. The number of pyridine rings is 1. The summed E-state index contributed by atoms with van der Waals surface area (Å²) in [6, 6.07) is 10.2. The van der Waals surface area contributed by atoms with Crippen LogP contribution in [0.4, 0.5) is 17.6 Å². The van der Waals surface area contributed by atoms with E-state index >= 15 is 0 Å². The molecule has 9 heteroatoms. The number of aryl methyl sites for hydroxylation is 1. The van der Waals surface area contributed by atoms with E-state index in [2.05, 4.69) is 15.6 Å². The first-order chi connectivity index (χ1) is 15.2. The molecule has 2 heterocycles. The third kappa shape index (κ3) is 5.72. The Morgan fingerprint density at radius 3 is 2.47 bits per heavy atom. The van der Waals surface area contributed by atoms with Gasteiger partial charge in [0.05, 0.1) is 0 Å². The van der Waals surface area contributed by atoms with E-state index in [9.17, 15) is 22.4 Å². The highest BCUT2D eigenvalue weighted by atomic mass is 32.1. The van der Waals surface area contributed by atoms with Gasteiger partial charge < -0.3 is 10.6 Å². The van der Waals surface area contributed by atoms with Crippen LogP contribution in [0.2, 0.25) is 0 Å². The van der Waals surface area contributed by atoms with Crippen LogP contribution in [0.25, 0.3) is 0 Å². The Morgan fingerprint density at radius 1 is 1.16 bits per heavy atom. The first-order valence-electron chi connectivity index (χ1n) is 9.98. The summed E-state index contributed by atoms with van der Waals surface area (Å²) < 4.78 is 52.6. The first kappa shape index (κ1) is 23.9. The normalized spacial score (nSPS) is 13.6. The standard InChI is InChI=1S/C23H23F4N3OS/c1-14-12-15(5-7-18(14)24)17(16-6-8-20(30-13-16)23(25,26)27)9-10-29-21(22(31)28-2)19-4-3-11-32-19/h3-8,11-13,17,21,29H,9-10H2,1-2H3,(H,28,31)/t17-,21+/m1/s1. The topological polar surface area (TPSA) is 54.0 Å². The number of likely N-dealkylation sites (N-methyl/N-ethyl adjacent to an activating group) is 1. The fraction of sp³-hybridized carbons (Fsp3) is 0.304. The summed E-state index contributed by atoms with van der Waals surface area (Å²) in [7, 11) is 1.56. The first-order valence-corrected chi connectivity index (χ1v) is 10.9. The summed E-state index contributed by atoms with van der Waals surface area (Å²) in [4.78, 5) is 16.8. The molecule has 0 radical (unpaired) electrons. The summed E-state index contributed by atoms with van der Waals surface area (Å²) in [6.07, 6.45) is -2.85. The number of nitrogens with one attached hydrogen (secondary N) is 2. The lowest BCUT2D eigenvalue weighted by molar-refractivity contribution is -0.141. The van der Waals surface area contributed by atoms with Crippen LogP contribution in [0.5, 0.6) is 0 Å². The highest BCUT2D eigenvalue weighted by molar-refractivity contribution is 7.10. The zero-order valence-corrected chi connectivity index (χ0v) is 18.4. The van der Waals surface area contributed by atoms with Crippen LogP contribution in [-0.4, -0.2) is 24.5 Å². The maximum atomic E-state index is 13.8. The minimum absolute atomic E-state index is 0.183. The zero-order valence-electron chi connectivity index (χ0n) is 17.5. The molecule has 2 atom stereocenters. The van der Waals surface area contributed by atoms with Crippen LogP contribution in [0.3, 0.4) is 0 Å². The molecule has 3 rings (SSSR count). The smallest absolute Gasteiger partial charge is 0.357 e. The maximum absolute atomic E-state index is 13.8. The monoisotopic (exact) mass is 465 g/mol. The average molecular weight is 466 g/mol. The minimum Gasteiger partial charge on any atom is -0.357 e. The van der Waals surface area contributed by atoms with Crippen molar-refractivity contribution in [2.45, 2.75) is 31.5 Å². The van der Waals surface area contributed by atoms with E-state index in [4.69, 9.17) is 0 Å². The lowest BCUT2D eigenvalue weighted by Crippen LogP contribution is -2.36. The number of aromatic nitrogens is 1. The van der Waals surface area contributed by atoms with E-state index in [-0.39, 0.29) is 17.6 Å². The molecule has 4 nitrogen and oxygen atoms in total. The van der Waals surface area contributed by atoms with Gasteiger partial charge in [0.25, 0.3) is 0 Å². The molecule has 0 unspecified atom stereocenters. The molecule has 2 N–H and O–H groups in total. The highest BCUT2D eigenvalue weighted by Gasteiger charge is 2.32. The predicted molar refractivity (Wildman–Crippen MR) is 116 cm³/mol. The van der Waals surface area contributed by atoms with Crippen molar-refractivity contribution < 1.29 is 22.4 Å². The molecule has 0 spiro atoms. The lowest BCUT2D eigenvalue weighted by atomic mass is 9.88. The van der Waals surface area contributed by atoms with Gasteiger partial charge >= 0.3 is 6.18 Å². The van der Waals surface area contributed by atoms with Crippen molar-refractivity contribution in [2.75, 3.05) is 13.6 Å². The van der Waals surface area contributed by atoms with E-state index < -0.39 is 17.9 Å². The highest BCUT2D eigenvalue weighted by Crippen LogP contribution is 2.32. The molecule has 0 aliphatic rings. The number of carbonyl (C=O) groups excluding carboxylic acids is 1. The lowest BCUT2D eigenvalue weighted by Gasteiger charge is -2.21. The van der Waals surface area contributed by atoms with Crippen molar-refractivity contribution >= 4 is 17.2 Å². The Morgan fingerprint density at radius 2 is 1.91 bits per heavy atom. The molecular formula is C23H23F4N3OS. The number of halogens is 4. The molecule has 1 aromatic carbocycles. The average Bonchev–Trinajstić information content (AvgIpc) is 3.29. The molecule has 32 heavy (non-hydrogen) atoms. The number of carbonyl (C=O) groups is 1. The number of nitrogens with zero attached hydrogens (tertiary/aromatic N) is 1. The molecule has 3 aromatic rings. The summed E-state index contributed by atoms with van der Waals surface area (Å²) in [6.45, 7) is 2.04. The second-order valence-corrected chi connectivity index (χ2v) is 8.32. The SMILES string of the molecule is CNC(=O)[C@@H](NCC[C@@H](c1ccc(C(F)(F)F)nc1)c1ccc(F)c(C)c1)c1cccs1. The fourth-order valence-corrected chi connectivity index (χ4v) is 4.28. The van der Waals surface area contributed by atoms with Gasteiger partial charge in [-0.3, -0.25) is 9.78 Å². The quantitative estimate of drug-likeness (QED) is 0.449. The van der Waals surface area contributed by atoms with Crippen LogP contribution < -0.4 is 10.6 Å². The van der Waals surface area contributed by atoms with Gasteiger partial charge in [0.15, 0.2) is 0 Å². The van der Waals surface area contributed by atoms with Crippen LogP contribution >= 0.6 is 11.3 Å². The van der Waals surface area contributed by atoms with Gasteiger partial charge in [0.1, 0.15) is 17.6 Å². The van der Waals surface area contributed by atoms with E-state index in [0.717, 1.165) is 16.5 Å². The summed E-state index contributed by atoms with van der Waals surface area (Å²) in [5.41, 5.74) is 0.825. The second kappa shape index (κ2) is 10.2. The molecular weight excluding hydrogens is 442 g/mol. The molecule has 0 aliphatic carbocycles. The third-order valence-electron chi connectivity index (χ3n) is 5.18. The number of hydrogen-bond acceptors (Lipinski definition) is 4. The van der Waals surface area contributed by atoms with Gasteiger partial charge in [0, 0.05) is 24.0 Å². The number of alkyl halides is 3. The zero-order chi connectivity index (χ0) is 23.3. The summed E-state index contributed by atoms with van der Waals surface area (Å²) in [5, 5.41) is 7.74. The molecule has 2 aromatic heterocycles. The summed E-state index contributed by atoms with van der Waals surface area (Å²) >= 11 is 1.45. The van der Waals surface area contributed by atoms with Crippen molar-refractivity contribution in [2.24, 2.45) is 0 Å². The third-order valence-corrected chi connectivity index (χ3v) is 6.12. The van der Waals surface area contributed by atoms with Crippen molar-refractivity contribution in [1.82, 2.24) is 15.6 Å². The Hall–Kier alpha value is -2.78. The molecule has 0 fully saturated rings. The number of rotatable bonds is 8. The van der Waals surface area contributed by atoms with E-state index in [1.165, 1.54) is 29.7 Å². The van der Waals surface area contributed by atoms with Crippen molar-refractivity contribution in [3.05, 3.63) is 87.1 Å². The van der Waals surface area contributed by atoms with Crippen LogP contribution in [0.15, 0.2) is 54.0 Å². The van der Waals surface area contributed by atoms with E-state index in [1.807, 2.05) is 17.5 Å². The Balaban J connectivity index is 1.84. The number of benzene rings is 1. The predicted octanol–water partition coefficient (Wildman–Crippen LogP) is 5.21. The van der Waals surface area contributed by atoms with Crippen LogP contribution in [-0.2, 0) is 11.0 Å². The molecule has 0 saturated heterocycles. The van der Waals surface area contributed by atoms with Gasteiger partial charge in [-0.15, -0.1) is 11.3 Å². The van der Waals surface area contributed by atoms with Crippen molar-refractivity contribution in [3.63, 3.8) is 0 Å². The van der Waals surface area contributed by atoms with Crippen LogP contribution in [0.1, 0.15) is 45.6 Å². The Kier molecular flexibility index (Phi) is 7.63.